The van der Waals surface area contributed by atoms with Crippen LogP contribution in [-0.4, -0.2) is 15.7 Å². The minimum absolute atomic E-state index is 0.475. The molecule has 6 heteroatoms. The van der Waals surface area contributed by atoms with Crippen LogP contribution in [-0.2, 0) is 0 Å². The van der Waals surface area contributed by atoms with Gasteiger partial charge in [0.15, 0.2) is 0 Å². The number of hydrogen-bond acceptors (Lipinski definition) is 4. The van der Waals surface area contributed by atoms with E-state index >= 15 is 0 Å². The maximum absolute atomic E-state index is 4.25. The molecule has 0 aliphatic heterocycles. The quantitative estimate of drug-likeness (QED) is 0.471. The summed E-state index contributed by atoms with van der Waals surface area (Å²) in [6.07, 6.45) is 3.34. The molecule has 1 heterocycles. The second-order valence-corrected chi connectivity index (χ2v) is 5.70. The monoisotopic (exact) mass is 416 g/mol. The maximum Gasteiger partial charge on any atom is 0.243 e. The van der Waals surface area contributed by atoms with Crippen molar-refractivity contribution in [3.05, 3.63) is 50.3 Å². The second kappa shape index (κ2) is 6.24. The van der Waals surface area contributed by atoms with Crippen LogP contribution in [0.4, 0.5) is 5.95 Å². The Hall–Kier alpha value is -1.02. The van der Waals surface area contributed by atoms with Gasteiger partial charge < -0.3 is 0 Å². The summed E-state index contributed by atoms with van der Waals surface area (Å²) in [6.45, 7) is 1.94. The highest BCUT2D eigenvalue weighted by atomic mass is 127. The van der Waals surface area contributed by atoms with Gasteiger partial charge in [0, 0.05) is 16.0 Å². The maximum atomic E-state index is 4.25. The van der Waals surface area contributed by atoms with Crippen LogP contribution < -0.4 is 5.43 Å². The van der Waals surface area contributed by atoms with Gasteiger partial charge in [-0.3, -0.25) is 0 Å². The summed E-state index contributed by atoms with van der Waals surface area (Å²) < 4.78 is 2.04. The normalized spacial score (nSPS) is 11.4. The molecule has 0 saturated heterocycles. The summed E-state index contributed by atoms with van der Waals surface area (Å²) in [5.41, 5.74) is 4.78. The summed E-state index contributed by atoms with van der Waals surface area (Å²) in [4.78, 5) is 8.16. The molecule has 4 nitrogen and oxygen atoms in total. The van der Waals surface area contributed by atoms with E-state index in [1.807, 2.05) is 31.2 Å². The summed E-state index contributed by atoms with van der Waals surface area (Å²) in [5.74, 6) is 0.475. The van der Waals surface area contributed by atoms with Crippen molar-refractivity contribution >= 4 is 50.2 Å². The van der Waals surface area contributed by atoms with Crippen LogP contribution in [0.2, 0.25) is 0 Å². The SMILES string of the molecule is CC(=NNc1ncc(Br)cn1)c1ccc(I)cc1. The number of hydrogen-bond donors (Lipinski definition) is 1. The third-order valence-corrected chi connectivity index (χ3v) is 3.33. The third kappa shape index (κ3) is 3.74. The Morgan fingerprint density at radius 1 is 1.22 bits per heavy atom. The minimum atomic E-state index is 0.475. The van der Waals surface area contributed by atoms with Crippen LogP contribution in [0, 0.1) is 3.57 Å². The van der Waals surface area contributed by atoms with Crippen molar-refractivity contribution in [1.29, 1.82) is 0 Å². The van der Waals surface area contributed by atoms with E-state index in [0.717, 1.165) is 15.7 Å². The van der Waals surface area contributed by atoms with Crippen molar-refractivity contribution in [2.75, 3.05) is 5.43 Å². The number of rotatable bonds is 3. The van der Waals surface area contributed by atoms with Crippen LogP contribution in [0.1, 0.15) is 12.5 Å². The summed E-state index contributed by atoms with van der Waals surface area (Å²) in [6, 6.07) is 8.16. The Balaban J connectivity index is 2.09. The lowest BCUT2D eigenvalue weighted by atomic mass is 10.1. The minimum Gasteiger partial charge on any atom is -0.245 e. The molecular weight excluding hydrogens is 407 g/mol. The molecule has 0 fully saturated rings. The van der Waals surface area contributed by atoms with Gasteiger partial charge >= 0.3 is 0 Å². The molecule has 0 atom stereocenters. The van der Waals surface area contributed by atoms with Gasteiger partial charge in [-0.15, -0.1) is 0 Å². The van der Waals surface area contributed by atoms with E-state index in [2.05, 4.69) is 59.0 Å². The Labute approximate surface area is 127 Å². The fourth-order valence-electron chi connectivity index (χ4n) is 1.26. The molecule has 2 aromatic rings. The van der Waals surface area contributed by atoms with Crippen molar-refractivity contribution in [2.24, 2.45) is 5.10 Å². The van der Waals surface area contributed by atoms with E-state index < -0.39 is 0 Å². The van der Waals surface area contributed by atoms with Crippen LogP contribution in [0.25, 0.3) is 0 Å². The molecule has 0 radical (unpaired) electrons. The molecule has 0 amide bonds. The molecule has 1 aromatic carbocycles. The van der Waals surface area contributed by atoms with Crippen molar-refractivity contribution < 1.29 is 0 Å². The summed E-state index contributed by atoms with van der Waals surface area (Å²) in [7, 11) is 0. The zero-order valence-electron chi connectivity index (χ0n) is 9.56. The standard InChI is InChI=1S/C12H10BrIN4/c1-8(9-2-4-11(14)5-3-9)17-18-12-15-6-10(13)7-16-12/h2-7H,1H3,(H,15,16,18). The topological polar surface area (TPSA) is 50.2 Å². The summed E-state index contributed by atoms with van der Waals surface area (Å²) >= 11 is 5.55. The molecule has 2 rings (SSSR count). The van der Waals surface area contributed by atoms with Gasteiger partial charge in [-0.05, 0) is 63.1 Å². The van der Waals surface area contributed by atoms with Crippen LogP contribution >= 0.6 is 38.5 Å². The first-order chi connectivity index (χ1) is 8.65. The lowest BCUT2D eigenvalue weighted by Gasteiger charge is -2.02. The second-order valence-electron chi connectivity index (χ2n) is 3.54. The number of aromatic nitrogens is 2. The Bertz CT molecular complexity index is 551. The Morgan fingerprint density at radius 3 is 2.44 bits per heavy atom. The summed E-state index contributed by atoms with van der Waals surface area (Å²) in [5, 5.41) is 4.25. The van der Waals surface area contributed by atoms with E-state index in [-0.39, 0.29) is 0 Å². The highest BCUT2D eigenvalue weighted by Crippen LogP contribution is 2.09. The number of halogens is 2. The van der Waals surface area contributed by atoms with Gasteiger partial charge in [0.2, 0.25) is 5.95 Å². The lowest BCUT2D eigenvalue weighted by Crippen LogP contribution is -2.02. The Kier molecular flexibility index (Phi) is 4.65. The number of nitrogens with zero attached hydrogens (tertiary/aromatic N) is 3. The highest BCUT2D eigenvalue weighted by molar-refractivity contribution is 14.1. The average molecular weight is 417 g/mol. The van der Waals surface area contributed by atoms with E-state index in [0.29, 0.717) is 5.95 Å². The zero-order chi connectivity index (χ0) is 13.0. The van der Waals surface area contributed by atoms with E-state index in [4.69, 9.17) is 0 Å². The lowest BCUT2D eigenvalue weighted by molar-refractivity contribution is 1.10. The van der Waals surface area contributed by atoms with Gasteiger partial charge in [0.05, 0.1) is 10.2 Å². The first-order valence-corrected chi connectivity index (χ1v) is 7.06. The van der Waals surface area contributed by atoms with Gasteiger partial charge in [-0.2, -0.15) is 5.10 Å². The van der Waals surface area contributed by atoms with Crippen LogP contribution in [0.15, 0.2) is 46.2 Å². The van der Waals surface area contributed by atoms with E-state index in [9.17, 15) is 0 Å². The van der Waals surface area contributed by atoms with Gasteiger partial charge in [0.1, 0.15) is 0 Å². The molecule has 0 saturated carbocycles. The van der Waals surface area contributed by atoms with Gasteiger partial charge in [-0.1, -0.05) is 12.1 Å². The largest absolute Gasteiger partial charge is 0.245 e. The zero-order valence-corrected chi connectivity index (χ0v) is 13.3. The molecular formula is C12H10BrIN4. The van der Waals surface area contributed by atoms with E-state index in [1.165, 1.54) is 3.57 Å². The average Bonchev–Trinajstić information content (AvgIpc) is 2.38. The van der Waals surface area contributed by atoms with Gasteiger partial charge in [0.25, 0.3) is 0 Å². The van der Waals surface area contributed by atoms with Crippen LogP contribution in [0.5, 0.6) is 0 Å². The number of hydrazone groups is 1. The van der Waals surface area contributed by atoms with Crippen molar-refractivity contribution in [2.45, 2.75) is 6.92 Å². The predicted molar refractivity (Wildman–Crippen MR) is 84.7 cm³/mol. The fourth-order valence-corrected chi connectivity index (χ4v) is 1.82. The van der Waals surface area contributed by atoms with Crippen molar-refractivity contribution in [3.63, 3.8) is 0 Å². The van der Waals surface area contributed by atoms with Crippen molar-refractivity contribution in [3.8, 4) is 0 Å². The fraction of sp³-hybridized carbons (Fsp3) is 0.0833. The van der Waals surface area contributed by atoms with Crippen molar-refractivity contribution in [1.82, 2.24) is 9.97 Å². The van der Waals surface area contributed by atoms with Gasteiger partial charge in [-0.25, -0.2) is 15.4 Å². The number of anilines is 1. The molecule has 0 bridgehead atoms. The predicted octanol–water partition coefficient (Wildman–Crippen LogP) is 3.68. The molecule has 0 unspecified atom stereocenters. The molecule has 92 valence electrons. The highest BCUT2D eigenvalue weighted by Gasteiger charge is 1.98. The third-order valence-electron chi connectivity index (χ3n) is 2.21. The number of benzene rings is 1. The number of nitrogens with one attached hydrogen (secondary N) is 1. The first-order valence-electron chi connectivity index (χ1n) is 5.19. The molecule has 18 heavy (non-hydrogen) atoms. The van der Waals surface area contributed by atoms with E-state index in [1.54, 1.807) is 12.4 Å². The molecule has 0 aliphatic rings. The first kappa shape index (κ1) is 13.4. The molecule has 0 spiro atoms. The smallest absolute Gasteiger partial charge is 0.243 e. The van der Waals surface area contributed by atoms with Crippen LogP contribution in [0.3, 0.4) is 0 Å². The Morgan fingerprint density at radius 2 is 1.83 bits per heavy atom. The molecule has 1 aromatic heterocycles. The molecule has 1 N–H and O–H groups in total. The molecule has 0 aliphatic carbocycles.